The second-order valence-electron chi connectivity index (χ2n) is 8.42. The van der Waals surface area contributed by atoms with Crippen LogP contribution in [0.5, 0.6) is 0 Å². The Balaban J connectivity index is 2.03. The molecule has 5 heteroatoms. The lowest BCUT2D eigenvalue weighted by atomic mass is 9.36. The van der Waals surface area contributed by atoms with Gasteiger partial charge in [-0.3, -0.25) is 9.59 Å². The fourth-order valence-corrected chi connectivity index (χ4v) is 6.77. The van der Waals surface area contributed by atoms with Crippen molar-refractivity contribution in [2.24, 2.45) is 22.0 Å². The SMILES string of the molecule is CCC12CC3(N)CC(CC(=O)O)(C1)CC(CC(=O)O)(C3)C2. The van der Waals surface area contributed by atoms with Crippen LogP contribution in [0, 0.1) is 16.2 Å². The Hall–Kier alpha value is -1.10. The summed E-state index contributed by atoms with van der Waals surface area (Å²) in [6.07, 6.45) is 6.19. The van der Waals surface area contributed by atoms with Crippen molar-refractivity contribution in [3.8, 4) is 0 Å². The largest absolute Gasteiger partial charge is 0.481 e. The van der Waals surface area contributed by atoms with Crippen LogP contribution in [0.25, 0.3) is 0 Å². The van der Waals surface area contributed by atoms with Gasteiger partial charge < -0.3 is 15.9 Å². The minimum Gasteiger partial charge on any atom is -0.481 e. The van der Waals surface area contributed by atoms with Gasteiger partial charge in [0.2, 0.25) is 0 Å². The van der Waals surface area contributed by atoms with Crippen molar-refractivity contribution < 1.29 is 19.8 Å². The van der Waals surface area contributed by atoms with Crippen LogP contribution in [0.1, 0.15) is 64.7 Å². The van der Waals surface area contributed by atoms with Crippen molar-refractivity contribution in [1.29, 1.82) is 0 Å². The molecule has 4 saturated carbocycles. The van der Waals surface area contributed by atoms with Crippen LogP contribution < -0.4 is 5.73 Å². The molecule has 4 rings (SSSR count). The summed E-state index contributed by atoms with van der Waals surface area (Å²) in [6.45, 7) is 2.14. The zero-order chi connectivity index (χ0) is 15.5. The summed E-state index contributed by atoms with van der Waals surface area (Å²) in [5, 5.41) is 18.6. The van der Waals surface area contributed by atoms with Gasteiger partial charge in [0, 0.05) is 5.54 Å². The molecule has 118 valence electrons. The Bertz CT molecular complexity index is 469. The second-order valence-corrected chi connectivity index (χ2v) is 8.42. The maximum Gasteiger partial charge on any atom is 0.303 e. The average molecular weight is 295 g/mol. The van der Waals surface area contributed by atoms with Gasteiger partial charge in [0.15, 0.2) is 0 Å². The first kappa shape index (κ1) is 14.8. The van der Waals surface area contributed by atoms with Crippen LogP contribution in [-0.4, -0.2) is 27.7 Å². The first-order valence-corrected chi connectivity index (χ1v) is 7.86. The van der Waals surface area contributed by atoms with Gasteiger partial charge in [-0.05, 0) is 54.8 Å². The maximum atomic E-state index is 11.4. The van der Waals surface area contributed by atoms with E-state index in [2.05, 4.69) is 6.92 Å². The lowest BCUT2D eigenvalue weighted by molar-refractivity contribution is -0.186. The number of carbonyl (C=O) groups is 2. The zero-order valence-electron chi connectivity index (χ0n) is 12.7. The van der Waals surface area contributed by atoms with Crippen molar-refractivity contribution in [3.05, 3.63) is 0 Å². The summed E-state index contributed by atoms with van der Waals surface area (Å²) in [7, 11) is 0. The molecule has 2 unspecified atom stereocenters. The second kappa shape index (κ2) is 4.22. The highest BCUT2D eigenvalue weighted by Gasteiger charge is 2.67. The van der Waals surface area contributed by atoms with E-state index in [1.165, 1.54) is 0 Å². The number of carboxylic acid groups (broad SMARTS) is 2. The number of carboxylic acids is 2. The monoisotopic (exact) mass is 295 g/mol. The smallest absolute Gasteiger partial charge is 0.303 e. The number of rotatable bonds is 5. The number of hydrogen-bond acceptors (Lipinski definition) is 3. The van der Waals surface area contributed by atoms with Gasteiger partial charge in [-0.15, -0.1) is 0 Å². The topological polar surface area (TPSA) is 101 Å². The summed E-state index contributed by atoms with van der Waals surface area (Å²) in [4.78, 5) is 22.7. The fraction of sp³-hybridized carbons (Fsp3) is 0.875. The molecule has 0 spiro atoms. The van der Waals surface area contributed by atoms with Crippen molar-refractivity contribution >= 4 is 11.9 Å². The Morgan fingerprint density at radius 1 is 0.857 bits per heavy atom. The molecule has 4 N–H and O–H groups in total. The molecule has 0 aliphatic heterocycles. The molecule has 2 atom stereocenters. The molecule has 4 aliphatic carbocycles. The molecular formula is C16H25NO4. The lowest BCUT2D eigenvalue weighted by Gasteiger charge is -2.69. The molecule has 0 radical (unpaired) electrons. The van der Waals surface area contributed by atoms with Crippen molar-refractivity contribution in [1.82, 2.24) is 0 Å². The summed E-state index contributed by atoms with van der Waals surface area (Å²) in [5.41, 5.74) is 5.72. The van der Waals surface area contributed by atoms with E-state index < -0.39 is 11.9 Å². The fourth-order valence-electron chi connectivity index (χ4n) is 6.77. The van der Waals surface area contributed by atoms with E-state index in [1.807, 2.05) is 0 Å². The van der Waals surface area contributed by atoms with Gasteiger partial charge >= 0.3 is 11.9 Å². The van der Waals surface area contributed by atoms with E-state index in [0.29, 0.717) is 0 Å². The summed E-state index contributed by atoms with van der Waals surface area (Å²) in [6, 6.07) is 0. The molecule has 4 fully saturated rings. The van der Waals surface area contributed by atoms with Crippen molar-refractivity contribution in [2.75, 3.05) is 0 Å². The molecule has 0 heterocycles. The normalized spacial score (nSPS) is 47.5. The van der Waals surface area contributed by atoms with Gasteiger partial charge in [0.25, 0.3) is 0 Å². The van der Waals surface area contributed by atoms with E-state index in [9.17, 15) is 19.8 Å². The van der Waals surface area contributed by atoms with Gasteiger partial charge in [-0.2, -0.15) is 0 Å². The predicted octanol–water partition coefficient (Wildman–Crippen LogP) is 2.38. The van der Waals surface area contributed by atoms with Crippen LogP contribution in [-0.2, 0) is 9.59 Å². The predicted molar refractivity (Wildman–Crippen MR) is 76.7 cm³/mol. The Morgan fingerprint density at radius 3 is 1.62 bits per heavy atom. The van der Waals surface area contributed by atoms with Crippen molar-refractivity contribution in [2.45, 2.75) is 70.3 Å². The van der Waals surface area contributed by atoms with E-state index in [4.69, 9.17) is 5.73 Å². The maximum absolute atomic E-state index is 11.4. The number of aliphatic carboxylic acids is 2. The van der Waals surface area contributed by atoms with Crippen LogP contribution in [0.15, 0.2) is 0 Å². The molecule has 0 amide bonds. The average Bonchev–Trinajstić information content (AvgIpc) is 2.21. The summed E-state index contributed by atoms with van der Waals surface area (Å²) in [5.74, 6) is -1.56. The summed E-state index contributed by atoms with van der Waals surface area (Å²) >= 11 is 0. The van der Waals surface area contributed by atoms with E-state index in [0.717, 1.165) is 44.9 Å². The van der Waals surface area contributed by atoms with E-state index in [1.54, 1.807) is 0 Å². The van der Waals surface area contributed by atoms with Gasteiger partial charge in [0.1, 0.15) is 0 Å². The zero-order valence-corrected chi connectivity index (χ0v) is 12.7. The van der Waals surface area contributed by atoms with Gasteiger partial charge in [-0.25, -0.2) is 0 Å². The molecule has 0 aromatic heterocycles. The Labute approximate surface area is 124 Å². The number of hydrogen-bond donors (Lipinski definition) is 3. The first-order chi connectivity index (χ1) is 9.64. The highest BCUT2D eigenvalue weighted by Crippen LogP contribution is 2.72. The molecule has 4 bridgehead atoms. The van der Waals surface area contributed by atoms with Crippen LogP contribution >= 0.6 is 0 Å². The molecule has 0 aromatic carbocycles. The first-order valence-electron chi connectivity index (χ1n) is 7.86. The van der Waals surface area contributed by atoms with Crippen molar-refractivity contribution in [3.63, 3.8) is 0 Å². The molecule has 0 aromatic rings. The molecule has 5 nitrogen and oxygen atoms in total. The summed E-state index contributed by atoms with van der Waals surface area (Å²) < 4.78 is 0. The standard InChI is InChI=1S/C16H25NO4/c1-2-13-5-14(3-11(18)19)7-15(6-13,4-12(20)21)10-16(17,8-13)9-14/h2-10,17H2,1H3,(H,18,19)(H,20,21). The Morgan fingerprint density at radius 2 is 1.24 bits per heavy atom. The minimum atomic E-state index is -0.780. The molecule has 0 saturated heterocycles. The van der Waals surface area contributed by atoms with Gasteiger partial charge in [-0.1, -0.05) is 13.3 Å². The third-order valence-electron chi connectivity index (χ3n) is 6.23. The molecular weight excluding hydrogens is 270 g/mol. The highest BCUT2D eigenvalue weighted by molar-refractivity contribution is 5.69. The third kappa shape index (κ3) is 2.35. The van der Waals surface area contributed by atoms with Crippen LogP contribution in [0.2, 0.25) is 0 Å². The van der Waals surface area contributed by atoms with Crippen LogP contribution in [0.3, 0.4) is 0 Å². The Kier molecular flexibility index (Phi) is 2.98. The van der Waals surface area contributed by atoms with E-state index in [-0.39, 0.29) is 34.6 Å². The number of nitrogens with two attached hydrogens (primary N) is 1. The minimum absolute atomic E-state index is 0.0500. The lowest BCUT2D eigenvalue weighted by Crippen LogP contribution is -2.67. The van der Waals surface area contributed by atoms with Crippen LogP contribution in [0.4, 0.5) is 0 Å². The molecule has 4 aliphatic rings. The quantitative estimate of drug-likeness (QED) is 0.723. The van der Waals surface area contributed by atoms with E-state index >= 15 is 0 Å². The molecule has 21 heavy (non-hydrogen) atoms. The highest BCUT2D eigenvalue weighted by atomic mass is 16.4. The van der Waals surface area contributed by atoms with Gasteiger partial charge in [0.05, 0.1) is 12.8 Å². The third-order valence-corrected chi connectivity index (χ3v) is 6.23.